The molecule has 2 aromatic rings. The van der Waals surface area contributed by atoms with Crippen molar-refractivity contribution in [2.24, 2.45) is 0 Å². The largest absolute Gasteiger partial charge is 0.378 e. The molecule has 0 aromatic heterocycles. The Kier molecular flexibility index (Phi) is 3.79. The molecular weight excluding hydrogens is 251 g/mol. The fourth-order valence-electron chi connectivity index (χ4n) is 1.99. The minimum absolute atomic E-state index is 0.210. The maximum absolute atomic E-state index is 13.6. The lowest BCUT2D eigenvalue weighted by Crippen LogP contribution is -2.09. The zero-order valence-electron chi connectivity index (χ0n) is 10.7. The third-order valence-corrected chi connectivity index (χ3v) is 2.85. The van der Waals surface area contributed by atoms with Crippen molar-refractivity contribution in [1.82, 2.24) is 0 Å². The van der Waals surface area contributed by atoms with Crippen molar-refractivity contribution in [3.05, 3.63) is 65.0 Å². The Bertz CT molecular complexity index is 576. The molecule has 4 heteroatoms. The van der Waals surface area contributed by atoms with Crippen LogP contribution in [0.15, 0.2) is 36.4 Å². The third kappa shape index (κ3) is 3.28. The van der Waals surface area contributed by atoms with Gasteiger partial charge in [0.15, 0.2) is 0 Å². The Balaban J connectivity index is 2.25. The van der Waals surface area contributed by atoms with E-state index in [2.05, 4.69) is 5.32 Å². The summed E-state index contributed by atoms with van der Waals surface area (Å²) in [6.07, 6.45) is 0. The second-order valence-electron chi connectivity index (χ2n) is 4.55. The van der Waals surface area contributed by atoms with Crippen molar-refractivity contribution in [3.8, 4) is 0 Å². The Labute approximate surface area is 110 Å². The molecule has 1 unspecified atom stereocenters. The van der Waals surface area contributed by atoms with Gasteiger partial charge < -0.3 is 5.32 Å². The lowest BCUT2D eigenvalue weighted by molar-refractivity contribution is 0.577. The van der Waals surface area contributed by atoms with Gasteiger partial charge in [0, 0.05) is 11.3 Å². The van der Waals surface area contributed by atoms with Crippen molar-refractivity contribution in [2.45, 2.75) is 19.9 Å². The molecule has 0 aliphatic carbocycles. The van der Waals surface area contributed by atoms with Crippen molar-refractivity contribution in [1.29, 1.82) is 0 Å². The van der Waals surface area contributed by atoms with E-state index in [1.165, 1.54) is 12.1 Å². The van der Waals surface area contributed by atoms with E-state index in [9.17, 15) is 13.2 Å². The predicted molar refractivity (Wildman–Crippen MR) is 69.5 cm³/mol. The molecule has 1 atom stereocenters. The van der Waals surface area contributed by atoms with Gasteiger partial charge >= 0.3 is 0 Å². The summed E-state index contributed by atoms with van der Waals surface area (Å²) >= 11 is 0. The molecule has 2 aromatic carbocycles. The Morgan fingerprint density at radius 1 is 0.947 bits per heavy atom. The van der Waals surface area contributed by atoms with E-state index in [0.717, 1.165) is 23.8 Å². The average Bonchev–Trinajstić information content (AvgIpc) is 2.30. The molecule has 0 radical (unpaired) electrons. The average molecular weight is 265 g/mol. The van der Waals surface area contributed by atoms with Crippen LogP contribution in [0.4, 0.5) is 18.9 Å². The summed E-state index contributed by atoms with van der Waals surface area (Å²) in [6, 6.07) is 7.30. The molecule has 0 spiro atoms. The molecule has 0 aliphatic rings. The third-order valence-electron chi connectivity index (χ3n) is 2.85. The van der Waals surface area contributed by atoms with Gasteiger partial charge in [-0.1, -0.05) is 0 Å². The number of hydrogen-bond acceptors (Lipinski definition) is 1. The van der Waals surface area contributed by atoms with Crippen LogP contribution in [0.25, 0.3) is 0 Å². The Morgan fingerprint density at radius 3 is 2.37 bits per heavy atom. The normalized spacial score (nSPS) is 12.3. The van der Waals surface area contributed by atoms with E-state index < -0.39 is 17.7 Å². The van der Waals surface area contributed by atoms with Crippen LogP contribution in [0, 0.1) is 24.4 Å². The van der Waals surface area contributed by atoms with Crippen LogP contribution in [-0.4, -0.2) is 0 Å². The zero-order chi connectivity index (χ0) is 14.0. The second kappa shape index (κ2) is 5.34. The molecule has 19 heavy (non-hydrogen) atoms. The van der Waals surface area contributed by atoms with E-state index >= 15 is 0 Å². The highest BCUT2D eigenvalue weighted by Gasteiger charge is 2.12. The smallest absolute Gasteiger partial charge is 0.128 e. The fourth-order valence-corrected chi connectivity index (χ4v) is 1.99. The first-order valence-electron chi connectivity index (χ1n) is 5.94. The van der Waals surface area contributed by atoms with Gasteiger partial charge in [0.2, 0.25) is 0 Å². The SMILES string of the molecule is Cc1cc(F)cc(NC(C)c2cc(F)ccc2F)c1. The van der Waals surface area contributed by atoms with E-state index in [-0.39, 0.29) is 11.4 Å². The van der Waals surface area contributed by atoms with Gasteiger partial charge in [-0.2, -0.15) is 0 Å². The van der Waals surface area contributed by atoms with E-state index in [4.69, 9.17) is 0 Å². The number of halogens is 3. The maximum atomic E-state index is 13.6. The summed E-state index contributed by atoms with van der Waals surface area (Å²) in [5, 5.41) is 2.96. The molecule has 100 valence electrons. The number of anilines is 1. The van der Waals surface area contributed by atoms with Gasteiger partial charge in [-0.15, -0.1) is 0 Å². The minimum atomic E-state index is -0.500. The van der Waals surface area contributed by atoms with Crippen molar-refractivity contribution >= 4 is 5.69 Å². The highest BCUT2D eigenvalue weighted by atomic mass is 19.1. The molecule has 0 amide bonds. The molecule has 0 fully saturated rings. The van der Waals surface area contributed by atoms with Gasteiger partial charge in [0.1, 0.15) is 17.5 Å². The first-order valence-corrected chi connectivity index (χ1v) is 5.94. The topological polar surface area (TPSA) is 12.0 Å². The molecular formula is C15H14F3N. The van der Waals surface area contributed by atoms with Crippen LogP contribution in [0.5, 0.6) is 0 Å². The summed E-state index contributed by atoms with van der Waals surface area (Å²) in [5.74, 6) is -1.36. The molecule has 1 N–H and O–H groups in total. The fraction of sp³-hybridized carbons (Fsp3) is 0.200. The molecule has 0 saturated carbocycles. The van der Waals surface area contributed by atoms with Gasteiger partial charge in [-0.05, 0) is 55.8 Å². The predicted octanol–water partition coefficient (Wildman–Crippen LogP) is 4.59. The summed E-state index contributed by atoms with van der Waals surface area (Å²) in [5.41, 5.74) is 1.50. The van der Waals surface area contributed by atoms with Crippen LogP contribution in [0.3, 0.4) is 0 Å². The van der Waals surface area contributed by atoms with Gasteiger partial charge in [0.05, 0.1) is 6.04 Å². The van der Waals surface area contributed by atoms with Gasteiger partial charge in [-0.25, -0.2) is 13.2 Å². The van der Waals surface area contributed by atoms with E-state index in [1.807, 2.05) is 0 Å². The van der Waals surface area contributed by atoms with Gasteiger partial charge in [0.25, 0.3) is 0 Å². The van der Waals surface area contributed by atoms with Crippen molar-refractivity contribution in [3.63, 3.8) is 0 Å². The number of hydrogen-bond donors (Lipinski definition) is 1. The standard InChI is InChI=1S/C15H14F3N/c1-9-5-12(17)7-13(6-9)19-10(2)14-8-11(16)3-4-15(14)18/h3-8,10,19H,1-2H3. The zero-order valence-corrected chi connectivity index (χ0v) is 10.7. The first-order chi connectivity index (χ1) is 8.95. The summed E-state index contributed by atoms with van der Waals surface area (Å²) in [6.45, 7) is 3.46. The maximum Gasteiger partial charge on any atom is 0.128 e. The summed E-state index contributed by atoms with van der Waals surface area (Å²) in [4.78, 5) is 0. The summed E-state index contributed by atoms with van der Waals surface area (Å²) < 4.78 is 40.0. The molecule has 0 bridgehead atoms. The van der Waals surface area contributed by atoms with Crippen LogP contribution < -0.4 is 5.32 Å². The second-order valence-corrected chi connectivity index (χ2v) is 4.55. The lowest BCUT2D eigenvalue weighted by atomic mass is 10.1. The monoisotopic (exact) mass is 265 g/mol. The Morgan fingerprint density at radius 2 is 1.68 bits per heavy atom. The number of rotatable bonds is 3. The van der Waals surface area contributed by atoms with Crippen LogP contribution in [0.2, 0.25) is 0 Å². The Hall–Kier alpha value is -1.97. The van der Waals surface area contributed by atoms with Crippen LogP contribution >= 0.6 is 0 Å². The quantitative estimate of drug-likeness (QED) is 0.856. The van der Waals surface area contributed by atoms with Crippen LogP contribution in [0.1, 0.15) is 24.1 Å². The number of aryl methyl sites for hydroxylation is 1. The number of benzene rings is 2. The van der Waals surface area contributed by atoms with Crippen LogP contribution in [-0.2, 0) is 0 Å². The first kappa shape index (κ1) is 13.5. The highest BCUT2D eigenvalue weighted by Crippen LogP contribution is 2.23. The molecule has 0 heterocycles. The van der Waals surface area contributed by atoms with E-state index in [0.29, 0.717) is 5.69 Å². The minimum Gasteiger partial charge on any atom is -0.378 e. The molecule has 0 aliphatic heterocycles. The van der Waals surface area contributed by atoms with Crippen molar-refractivity contribution < 1.29 is 13.2 Å². The number of nitrogens with one attached hydrogen (secondary N) is 1. The highest BCUT2D eigenvalue weighted by molar-refractivity contribution is 5.48. The van der Waals surface area contributed by atoms with Gasteiger partial charge in [-0.3, -0.25) is 0 Å². The lowest BCUT2D eigenvalue weighted by Gasteiger charge is -2.17. The van der Waals surface area contributed by atoms with E-state index in [1.54, 1.807) is 19.9 Å². The van der Waals surface area contributed by atoms with Crippen molar-refractivity contribution in [2.75, 3.05) is 5.32 Å². The summed E-state index contributed by atoms with van der Waals surface area (Å²) in [7, 11) is 0. The molecule has 1 nitrogen and oxygen atoms in total. The molecule has 2 rings (SSSR count). The molecule has 0 saturated heterocycles.